The summed E-state index contributed by atoms with van der Waals surface area (Å²) < 4.78 is 0. The van der Waals surface area contributed by atoms with Gasteiger partial charge in [-0.3, -0.25) is 9.69 Å². The fourth-order valence-electron chi connectivity index (χ4n) is 3.73. The highest BCUT2D eigenvalue weighted by Gasteiger charge is 2.35. The van der Waals surface area contributed by atoms with Crippen LogP contribution in [0.5, 0.6) is 0 Å². The number of thiophene rings is 1. The molecule has 2 unspecified atom stereocenters. The van der Waals surface area contributed by atoms with E-state index in [1.54, 1.807) is 0 Å². The van der Waals surface area contributed by atoms with Crippen molar-refractivity contribution in [2.24, 2.45) is 0 Å². The van der Waals surface area contributed by atoms with Gasteiger partial charge >= 0.3 is 5.97 Å². The largest absolute Gasteiger partial charge is 0.480 e. The Morgan fingerprint density at radius 1 is 1.23 bits per heavy atom. The molecule has 1 saturated heterocycles. The molecule has 1 aliphatic heterocycles. The van der Waals surface area contributed by atoms with Crippen LogP contribution in [0.2, 0.25) is 0 Å². The Labute approximate surface area is 160 Å². The molecule has 2 heterocycles. The number of carboxylic acid groups (broad SMARTS) is 1. The lowest BCUT2D eigenvalue weighted by Crippen LogP contribution is -2.46. The van der Waals surface area contributed by atoms with Crippen LogP contribution in [0, 0.1) is 0 Å². The molecule has 140 valence electrons. The minimum absolute atomic E-state index is 0.0120. The molecule has 1 fully saturated rings. The molecule has 0 bridgehead atoms. The minimum Gasteiger partial charge on any atom is -0.480 e. The molecule has 1 aromatic carbocycles. The predicted molar refractivity (Wildman–Crippen MR) is 108 cm³/mol. The molecule has 0 radical (unpaired) electrons. The summed E-state index contributed by atoms with van der Waals surface area (Å²) in [5, 5.41) is 9.77. The lowest BCUT2D eigenvalue weighted by atomic mass is 9.95. The summed E-state index contributed by atoms with van der Waals surface area (Å²) in [7, 11) is 4.06. The van der Waals surface area contributed by atoms with Crippen LogP contribution in [0.25, 0.3) is 0 Å². The Hall–Kier alpha value is -1.85. The molecule has 0 aliphatic carbocycles. The van der Waals surface area contributed by atoms with E-state index in [0.29, 0.717) is 0 Å². The average Bonchev–Trinajstić information content (AvgIpc) is 3.11. The molecule has 2 atom stereocenters. The quantitative estimate of drug-likeness (QED) is 0.816. The van der Waals surface area contributed by atoms with Crippen LogP contribution in [-0.2, 0) is 11.2 Å². The summed E-state index contributed by atoms with van der Waals surface area (Å²) in [6, 6.07) is 12.5. The maximum absolute atomic E-state index is 11.9. The highest BCUT2D eigenvalue weighted by molar-refractivity contribution is 7.12. The van der Waals surface area contributed by atoms with Crippen molar-refractivity contribution in [3.8, 4) is 0 Å². The van der Waals surface area contributed by atoms with Crippen LogP contribution in [0.1, 0.15) is 47.5 Å². The number of carbonyl (C=O) groups is 1. The molecule has 1 aliphatic rings. The van der Waals surface area contributed by atoms with Crippen molar-refractivity contribution in [2.45, 2.75) is 44.7 Å². The summed E-state index contributed by atoms with van der Waals surface area (Å²) in [6.45, 7) is 2.99. The van der Waals surface area contributed by atoms with E-state index in [1.165, 1.54) is 15.3 Å². The average molecular weight is 373 g/mol. The summed E-state index contributed by atoms with van der Waals surface area (Å²) >= 11 is 1.81. The number of rotatable bonds is 6. The van der Waals surface area contributed by atoms with Gasteiger partial charge in [-0.2, -0.15) is 0 Å². The summed E-state index contributed by atoms with van der Waals surface area (Å²) in [5.41, 5.74) is 2.33. The fraction of sp³-hybridized carbons (Fsp3) is 0.476. The van der Waals surface area contributed by atoms with Crippen molar-refractivity contribution in [3.63, 3.8) is 0 Å². The first kappa shape index (κ1) is 18.9. The monoisotopic (exact) mass is 372 g/mol. The molecule has 0 saturated carbocycles. The fourth-order valence-corrected chi connectivity index (χ4v) is 4.84. The van der Waals surface area contributed by atoms with Crippen LogP contribution in [0.3, 0.4) is 0 Å². The first-order valence-electron chi connectivity index (χ1n) is 9.35. The summed E-state index contributed by atoms with van der Waals surface area (Å²) in [6.07, 6.45) is 3.79. The van der Waals surface area contributed by atoms with Crippen molar-refractivity contribution < 1.29 is 9.90 Å². The zero-order chi connectivity index (χ0) is 18.7. The van der Waals surface area contributed by atoms with E-state index in [0.717, 1.165) is 37.9 Å². The Bertz CT molecular complexity index is 739. The minimum atomic E-state index is -0.702. The SMILES string of the molecule is CCc1ccc(C(c2ccc(N(C)C)cc2)N2CCCCC2C(=O)O)s1. The zero-order valence-electron chi connectivity index (χ0n) is 15.8. The van der Waals surface area contributed by atoms with Gasteiger partial charge in [0.05, 0.1) is 6.04 Å². The van der Waals surface area contributed by atoms with Gasteiger partial charge in [0, 0.05) is 29.5 Å². The van der Waals surface area contributed by atoms with E-state index in [9.17, 15) is 9.90 Å². The van der Waals surface area contributed by atoms with Gasteiger partial charge in [-0.15, -0.1) is 11.3 Å². The van der Waals surface area contributed by atoms with E-state index in [1.807, 2.05) is 25.4 Å². The van der Waals surface area contributed by atoms with Crippen LogP contribution in [-0.4, -0.2) is 42.7 Å². The number of anilines is 1. The van der Waals surface area contributed by atoms with Gasteiger partial charge in [0.2, 0.25) is 0 Å². The number of carboxylic acids is 1. The number of hydrogen-bond donors (Lipinski definition) is 1. The third kappa shape index (κ3) is 3.94. The van der Waals surface area contributed by atoms with Gasteiger partial charge in [0.15, 0.2) is 0 Å². The molecule has 4 nitrogen and oxygen atoms in total. The number of piperidine rings is 1. The number of aryl methyl sites for hydroxylation is 1. The first-order valence-corrected chi connectivity index (χ1v) is 10.2. The standard InChI is InChI=1S/C21H28N2O2S/c1-4-17-12-13-19(26-17)20(15-8-10-16(11-9-15)22(2)3)23-14-6-5-7-18(23)21(24)25/h8-13,18,20H,4-7,14H2,1-3H3,(H,24,25). The molecule has 26 heavy (non-hydrogen) atoms. The van der Waals surface area contributed by atoms with Gasteiger partial charge in [0.25, 0.3) is 0 Å². The zero-order valence-corrected chi connectivity index (χ0v) is 16.6. The summed E-state index contributed by atoms with van der Waals surface area (Å²) in [5.74, 6) is -0.702. The molecule has 5 heteroatoms. The van der Waals surface area contributed by atoms with Gasteiger partial charge in [-0.25, -0.2) is 0 Å². The highest BCUT2D eigenvalue weighted by Crippen LogP contribution is 2.38. The van der Waals surface area contributed by atoms with Crippen LogP contribution >= 0.6 is 11.3 Å². The Kier molecular flexibility index (Phi) is 5.99. The van der Waals surface area contributed by atoms with Crippen LogP contribution in [0.4, 0.5) is 5.69 Å². The number of aliphatic carboxylic acids is 1. The Morgan fingerprint density at radius 3 is 2.54 bits per heavy atom. The van der Waals surface area contributed by atoms with Crippen molar-refractivity contribution in [3.05, 3.63) is 51.7 Å². The third-order valence-corrected chi connectivity index (χ3v) is 6.47. The van der Waals surface area contributed by atoms with E-state index in [2.05, 4.69) is 53.1 Å². The van der Waals surface area contributed by atoms with Crippen molar-refractivity contribution >= 4 is 23.0 Å². The Balaban J connectivity index is 2.02. The van der Waals surface area contributed by atoms with Crippen LogP contribution in [0.15, 0.2) is 36.4 Å². The lowest BCUT2D eigenvalue weighted by molar-refractivity contribution is -0.145. The molecule has 3 rings (SSSR count). The van der Waals surface area contributed by atoms with Crippen LogP contribution < -0.4 is 4.90 Å². The molecule has 2 aromatic rings. The number of nitrogens with zero attached hydrogens (tertiary/aromatic N) is 2. The van der Waals surface area contributed by atoms with Gasteiger partial charge in [-0.05, 0) is 55.6 Å². The predicted octanol–water partition coefficient (Wildman–Crippen LogP) is 4.41. The van der Waals surface area contributed by atoms with Crippen molar-refractivity contribution in [1.29, 1.82) is 0 Å². The topological polar surface area (TPSA) is 43.8 Å². The van der Waals surface area contributed by atoms with E-state index in [4.69, 9.17) is 0 Å². The second-order valence-electron chi connectivity index (χ2n) is 7.13. The lowest BCUT2D eigenvalue weighted by Gasteiger charge is -2.39. The van der Waals surface area contributed by atoms with Gasteiger partial charge in [0.1, 0.15) is 6.04 Å². The second-order valence-corrected chi connectivity index (χ2v) is 8.33. The maximum atomic E-state index is 11.9. The molecular weight excluding hydrogens is 344 g/mol. The third-order valence-electron chi connectivity index (χ3n) is 5.19. The highest BCUT2D eigenvalue weighted by atomic mass is 32.1. The summed E-state index contributed by atoms with van der Waals surface area (Å²) in [4.78, 5) is 18.8. The number of hydrogen-bond acceptors (Lipinski definition) is 4. The number of benzene rings is 1. The Morgan fingerprint density at radius 2 is 1.96 bits per heavy atom. The van der Waals surface area contributed by atoms with Crippen molar-refractivity contribution in [2.75, 3.05) is 25.5 Å². The molecule has 0 spiro atoms. The smallest absolute Gasteiger partial charge is 0.320 e. The molecule has 1 N–H and O–H groups in total. The molecule has 0 amide bonds. The molecule has 1 aromatic heterocycles. The van der Waals surface area contributed by atoms with E-state index < -0.39 is 12.0 Å². The maximum Gasteiger partial charge on any atom is 0.320 e. The number of likely N-dealkylation sites (tertiary alicyclic amines) is 1. The first-order chi connectivity index (χ1) is 12.5. The van der Waals surface area contributed by atoms with E-state index >= 15 is 0 Å². The molecular formula is C21H28N2O2S. The van der Waals surface area contributed by atoms with Crippen molar-refractivity contribution in [1.82, 2.24) is 4.90 Å². The van der Waals surface area contributed by atoms with Gasteiger partial charge in [-0.1, -0.05) is 25.5 Å². The van der Waals surface area contributed by atoms with Gasteiger partial charge < -0.3 is 10.0 Å². The van der Waals surface area contributed by atoms with E-state index in [-0.39, 0.29) is 6.04 Å². The second kappa shape index (κ2) is 8.23. The normalized spacial score (nSPS) is 19.3.